The Bertz CT molecular complexity index is 962. The van der Waals surface area contributed by atoms with E-state index in [-0.39, 0.29) is 18.7 Å². The molecule has 1 aliphatic rings. The number of amides is 3. The second-order valence-electron chi connectivity index (χ2n) is 10.0. The molecule has 0 saturated carbocycles. The number of likely N-dealkylation sites (tertiary alicyclic amines) is 1. The van der Waals surface area contributed by atoms with Crippen molar-refractivity contribution >= 4 is 35.3 Å². The fourth-order valence-corrected chi connectivity index (χ4v) is 4.79. The fourth-order valence-electron chi connectivity index (χ4n) is 4.61. The molecule has 0 bridgehead atoms. The molecule has 3 amide bonds. The number of aromatic hydroxyl groups is 1. The molecule has 39 heavy (non-hydrogen) atoms. The second kappa shape index (κ2) is 16.3. The highest BCUT2D eigenvalue weighted by Crippen LogP contribution is 2.20. The van der Waals surface area contributed by atoms with Gasteiger partial charge in [-0.2, -0.15) is 0 Å². The summed E-state index contributed by atoms with van der Waals surface area (Å²) in [6.07, 6.45) is 4.53. The molecule has 5 atom stereocenters. The van der Waals surface area contributed by atoms with Gasteiger partial charge in [0.05, 0.1) is 0 Å². The fraction of sp³-hybridized carbons (Fsp3) is 0.630. The molecule has 1 fully saturated rings. The molecule has 0 aromatic heterocycles. The molecule has 2 rings (SSSR count). The van der Waals surface area contributed by atoms with Crippen molar-refractivity contribution in [2.45, 2.75) is 95.0 Å². The van der Waals surface area contributed by atoms with Crippen LogP contribution in [0.15, 0.2) is 24.3 Å². The van der Waals surface area contributed by atoms with Gasteiger partial charge in [0.25, 0.3) is 5.91 Å². The number of carboxylic acids is 1. The first-order valence-corrected chi connectivity index (χ1v) is 14.0. The average Bonchev–Trinajstić information content (AvgIpc) is 3.40. The molecular formula is C27H41ClN4O7. The van der Waals surface area contributed by atoms with Crippen LogP contribution in [0, 0.1) is 0 Å². The summed E-state index contributed by atoms with van der Waals surface area (Å²) < 4.78 is 0. The van der Waals surface area contributed by atoms with E-state index < -0.39 is 54.0 Å². The van der Waals surface area contributed by atoms with Crippen LogP contribution in [0.3, 0.4) is 0 Å². The predicted molar refractivity (Wildman–Crippen MR) is 146 cm³/mol. The molecule has 0 radical (unpaired) electrons. The quantitative estimate of drug-likeness (QED) is 0.127. The largest absolute Gasteiger partial charge is 0.508 e. The average molecular weight is 569 g/mol. The number of carboxylic acid groups (broad SMARTS) is 1. The number of phenolic OH excluding ortho intramolecular Hbond substituents is 1. The molecule has 1 aliphatic heterocycles. The minimum atomic E-state index is -1.48. The summed E-state index contributed by atoms with van der Waals surface area (Å²) >= 11 is 5.66. The summed E-state index contributed by atoms with van der Waals surface area (Å²) in [6, 6.07) is 2.09. The first kappa shape index (κ1) is 32.3. The van der Waals surface area contributed by atoms with Crippen molar-refractivity contribution in [1.29, 1.82) is 0 Å². The first-order valence-electron chi connectivity index (χ1n) is 13.5. The van der Waals surface area contributed by atoms with Crippen molar-refractivity contribution < 1.29 is 34.5 Å². The van der Waals surface area contributed by atoms with Crippen LogP contribution < -0.4 is 16.4 Å². The summed E-state index contributed by atoms with van der Waals surface area (Å²) in [4.78, 5) is 51.7. The van der Waals surface area contributed by atoms with E-state index in [9.17, 15) is 34.5 Å². The van der Waals surface area contributed by atoms with E-state index in [2.05, 4.69) is 10.6 Å². The number of carbonyl (C=O) groups excluding carboxylic acids is 3. The first-order chi connectivity index (χ1) is 18.5. The number of alkyl halides is 1. The number of benzene rings is 1. The van der Waals surface area contributed by atoms with Crippen LogP contribution in [0.25, 0.3) is 0 Å². The molecule has 1 aromatic carbocycles. The highest BCUT2D eigenvalue weighted by atomic mass is 35.5. The third-order valence-corrected chi connectivity index (χ3v) is 7.17. The maximum absolute atomic E-state index is 13.1. The third-order valence-electron chi connectivity index (χ3n) is 6.90. The van der Waals surface area contributed by atoms with E-state index in [0.29, 0.717) is 30.7 Å². The van der Waals surface area contributed by atoms with E-state index >= 15 is 0 Å². The van der Waals surface area contributed by atoms with Crippen molar-refractivity contribution in [3.05, 3.63) is 29.8 Å². The predicted octanol–water partition coefficient (Wildman–Crippen LogP) is 1.27. The Balaban J connectivity index is 1.89. The molecule has 0 spiro atoms. The molecule has 218 valence electrons. The molecule has 11 nitrogen and oxygen atoms in total. The van der Waals surface area contributed by atoms with Gasteiger partial charge in [0.1, 0.15) is 30.0 Å². The monoisotopic (exact) mass is 568 g/mol. The number of rotatable bonds is 16. The lowest BCUT2D eigenvalue weighted by Gasteiger charge is -2.29. The minimum Gasteiger partial charge on any atom is -0.508 e. The van der Waals surface area contributed by atoms with Crippen LogP contribution in [-0.2, 0) is 25.6 Å². The number of aliphatic hydroxyl groups excluding tert-OH is 1. The Morgan fingerprint density at radius 3 is 2.36 bits per heavy atom. The summed E-state index contributed by atoms with van der Waals surface area (Å²) in [5.74, 6) is -2.43. The van der Waals surface area contributed by atoms with Gasteiger partial charge < -0.3 is 36.6 Å². The van der Waals surface area contributed by atoms with E-state index in [1.165, 1.54) is 24.0 Å². The molecule has 1 heterocycles. The molecule has 1 saturated heterocycles. The van der Waals surface area contributed by atoms with Gasteiger partial charge in [-0.1, -0.05) is 37.8 Å². The summed E-state index contributed by atoms with van der Waals surface area (Å²) in [5, 5.41) is 34.4. The second-order valence-corrected chi connectivity index (χ2v) is 10.4. The lowest BCUT2D eigenvalue weighted by Crippen LogP contribution is -2.56. The van der Waals surface area contributed by atoms with E-state index in [4.69, 9.17) is 17.3 Å². The van der Waals surface area contributed by atoms with Gasteiger partial charge in [-0.25, -0.2) is 4.79 Å². The van der Waals surface area contributed by atoms with Crippen molar-refractivity contribution in [1.82, 2.24) is 15.5 Å². The summed E-state index contributed by atoms with van der Waals surface area (Å²) in [7, 11) is 0. The van der Waals surface area contributed by atoms with Gasteiger partial charge in [-0.15, -0.1) is 11.6 Å². The molecule has 0 unspecified atom stereocenters. The summed E-state index contributed by atoms with van der Waals surface area (Å²) in [6.45, 7) is 1.74. The van der Waals surface area contributed by atoms with Crippen LogP contribution in [0.4, 0.5) is 0 Å². The maximum Gasteiger partial charge on any atom is 0.326 e. The Morgan fingerprint density at radius 1 is 1.08 bits per heavy atom. The standard InChI is InChI=1S/C27H41ClN4O7/c1-17(30-25(36)23(34)20(29)8-5-3-2-4-6-14-28)26(37)32-15-7-9-22(32)24(35)31-21(27(38)39)16-18-10-12-19(33)13-11-18/h10-13,17,20-23,33-34H,2-9,14-16,29H2,1H3,(H,30,36)(H,31,35)(H,38,39)/t17-,20-,21-,22-,23-/m1/s1. The molecule has 0 aliphatic carbocycles. The van der Waals surface area contributed by atoms with E-state index in [1.807, 2.05) is 0 Å². The van der Waals surface area contributed by atoms with Gasteiger partial charge in [0, 0.05) is 24.9 Å². The Hall–Kier alpha value is -2.89. The molecular weight excluding hydrogens is 528 g/mol. The van der Waals surface area contributed by atoms with Crippen molar-refractivity contribution in [3.63, 3.8) is 0 Å². The van der Waals surface area contributed by atoms with Gasteiger partial charge >= 0.3 is 5.97 Å². The SMILES string of the molecule is C[C@@H](NC(=O)[C@H](O)[C@H](N)CCCCCCCCl)C(=O)N1CCC[C@@H]1C(=O)N[C@H](Cc1ccc(O)cc1)C(=O)O. The van der Waals surface area contributed by atoms with Crippen LogP contribution in [-0.4, -0.2) is 86.6 Å². The zero-order valence-electron chi connectivity index (χ0n) is 22.4. The number of carbonyl (C=O) groups is 4. The van der Waals surface area contributed by atoms with E-state index in [0.717, 1.165) is 32.1 Å². The number of nitrogens with one attached hydrogen (secondary N) is 2. The topological polar surface area (TPSA) is 182 Å². The molecule has 7 N–H and O–H groups in total. The lowest BCUT2D eigenvalue weighted by molar-refractivity contribution is -0.145. The van der Waals surface area contributed by atoms with Crippen molar-refractivity contribution in [3.8, 4) is 5.75 Å². The van der Waals surface area contributed by atoms with Crippen molar-refractivity contribution in [2.75, 3.05) is 12.4 Å². The number of aliphatic carboxylic acids is 1. The van der Waals surface area contributed by atoms with E-state index in [1.54, 1.807) is 12.1 Å². The number of hydrogen-bond acceptors (Lipinski definition) is 7. The highest BCUT2D eigenvalue weighted by Gasteiger charge is 2.38. The van der Waals surface area contributed by atoms with Crippen LogP contribution in [0.5, 0.6) is 5.75 Å². The Morgan fingerprint density at radius 2 is 1.72 bits per heavy atom. The normalized spacial score (nSPS) is 18.2. The number of hydrogen-bond donors (Lipinski definition) is 6. The number of phenols is 1. The Kier molecular flexibility index (Phi) is 13.5. The van der Waals surface area contributed by atoms with Gasteiger partial charge in [0.2, 0.25) is 11.8 Å². The number of nitrogens with zero attached hydrogens (tertiary/aromatic N) is 1. The maximum atomic E-state index is 13.1. The van der Waals surface area contributed by atoms with Crippen LogP contribution in [0.1, 0.15) is 63.9 Å². The minimum absolute atomic E-state index is 0.0000434. The third kappa shape index (κ3) is 10.3. The number of nitrogens with two attached hydrogens (primary N) is 1. The lowest BCUT2D eigenvalue weighted by atomic mass is 10.0. The number of aliphatic hydroxyl groups is 1. The highest BCUT2D eigenvalue weighted by molar-refractivity contribution is 6.17. The molecule has 1 aromatic rings. The smallest absolute Gasteiger partial charge is 0.326 e. The zero-order chi connectivity index (χ0) is 28.9. The summed E-state index contributed by atoms with van der Waals surface area (Å²) in [5.41, 5.74) is 6.60. The Labute approximate surface area is 234 Å². The van der Waals surface area contributed by atoms with Crippen molar-refractivity contribution in [2.24, 2.45) is 5.73 Å². The zero-order valence-corrected chi connectivity index (χ0v) is 23.1. The van der Waals surface area contributed by atoms with Gasteiger partial charge in [0.15, 0.2) is 0 Å². The number of halogens is 1. The van der Waals surface area contributed by atoms with Gasteiger partial charge in [-0.3, -0.25) is 14.4 Å². The van der Waals surface area contributed by atoms with Gasteiger partial charge in [-0.05, 0) is 50.3 Å². The van der Waals surface area contributed by atoms with Crippen LogP contribution in [0.2, 0.25) is 0 Å². The van der Waals surface area contributed by atoms with Crippen LogP contribution >= 0.6 is 11.6 Å². The molecule has 12 heteroatoms. The number of unbranched alkanes of at least 4 members (excludes halogenated alkanes) is 4.